The zero-order chi connectivity index (χ0) is 14.5. The van der Waals surface area contributed by atoms with Gasteiger partial charge in [-0.1, -0.05) is 11.6 Å². The number of hydrogen-bond acceptors (Lipinski definition) is 1. The number of fused-ring (bicyclic) bond motifs is 1. The predicted octanol–water partition coefficient (Wildman–Crippen LogP) is 4.52. The minimum Gasteiger partial charge on any atom is -0.312 e. The maximum Gasteiger partial charge on any atom is 0.412 e. The molecule has 0 amide bonds. The second kappa shape index (κ2) is 4.53. The highest BCUT2D eigenvalue weighted by atomic mass is 35.5. The van der Waals surface area contributed by atoms with Crippen LogP contribution in [0.4, 0.5) is 13.2 Å². The van der Waals surface area contributed by atoms with E-state index in [4.69, 9.17) is 23.2 Å². The number of alkyl halides is 4. The summed E-state index contributed by atoms with van der Waals surface area (Å²) < 4.78 is 41.4. The summed E-state index contributed by atoms with van der Waals surface area (Å²) in [6, 6.07) is 4.75. The SMILES string of the molecule is FC(F)(F)C1(n2c(CCCl)nc3cc(Cl)ccc32)CC1. The largest absolute Gasteiger partial charge is 0.412 e. The number of nitrogens with zero attached hydrogens (tertiary/aromatic N) is 2. The van der Waals surface area contributed by atoms with Crippen molar-refractivity contribution in [3.63, 3.8) is 0 Å². The van der Waals surface area contributed by atoms with E-state index in [0.29, 0.717) is 28.3 Å². The Morgan fingerprint density at radius 3 is 2.55 bits per heavy atom. The molecule has 0 N–H and O–H groups in total. The third-order valence-corrected chi connectivity index (χ3v) is 4.11. The van der Waals surface area contributed by atoms with Gasteiger partial charge in [0.25, 0.3) is 0 Å². The fourth-order valence-electron chi connectivity index (χ4n) is 2.59. The highest BCUT2D eigenvalue weighted by Gasteiger charge is 2.65. The number of imidazole rings is 1. The Morgan fingerprint density at radius 1 is 1.30 bits per heavy atom. The second-order valence-corrected chi connectivity index (χ2v) is 5.78. The first-order valence-electron chi connectivity index (χ1n) is 6.19. The zero-order valence-corrected chi connectivity index (χ0v) is 11.9. The summed E-state index contributed by atoms with van der Waals surface area (Å²) >= 11 is 11.6. The van der Waals surface area contributed by atoms with E-state index >= 15 is 0 Å². The van der Waals surface area contributed by atoms with Crippen molar-refractivity contribution in [3.05, 3.63) is 29.0 Å². The molecule has 108 valence electrons. The first kappa shape index (κ1) is 14.0. The topological polar surface area (TPSA) is 17.8 Å². The number of aryl methyl sites for hydroxylation is 1. The molecule has 0 spiro atoms. The van der Waals surface area contributed by atoms with Crippen LogP contribution in [0.5, 0.6) is 0 Å². The van der Waals surface area contributed by atoms with E-state index in [1.54, 1.807) is 18.2 Å². The van der Waals surface area contributed by atoms with Crippen LogP contribution in [0.15, 0.2) is 18.2 Å². The Bertz CT molecular complexity index is 659. The molecule has 0 saturated heterocycles. The first-order chi connectivity index (χ1) is 9.39. The van der Waals surface area contributed by atoms with Crippen molar-refractivity contribution in [2.45, 2.75) is 31.0 Å². The van der Waals surface area contributed by atoms with Gasteiger partial charge in [-0.05, 0) is 31.0 Å². The van der Waals surface area contributed by atoms with E-state index in [1.165, 1.54) is 4.57 Å². The third-order valence-electron chi connectivity index (χ3n) is 3.68. The van der Waals surface area contributed by atoms with Gasteiger partial charge in [-0.25, -0.2) is 4.98 Å². The quantitative estimate of drug-likeness (QED) is 0.759. The zero-order valence-electron chi connectivity index (χ0n) is 10.3. The van der Waals surface area contributed by atoms with Crippen molar-refractivity contribution in [3.8, 4) is 0 Å². The van der Waals surface area contributed by atoms with Gasteiger partial charge in [-0.15, -0.1) is 11.6 Å². The van der Waals surface area contributed by atoms with Crippen LogP contribution >= 0.6 is 23.2 Å². The summed E-state index contributed by atoms with van der Waals surface area (Å²) in [7, 11) is 0. The Kier molecular flexibility index (Phi) is 3.18. The van der Waals surface area contributed by atoms with Gasteiger partial charge in [-0.2, -0.15) is 13.2 Å². The molecule has 0 aliphatic heterocycles. The van der Waals surface area contributed by atoms with Crippen LogP contribution in [0, 0.1) is 0 Å². The summed E-state index contributed by atoms with van der Waals surface area (Å²) in [5.41, 5.74) is -0.880. The normalized spacial score (nSPS) is 17.6. The standard InChI is InChI=1S/C13H11Cl2F3N2/c14-6-3-11-19-9-7-8(15)1-2-10(9)20(11)12(4-5-12)13(16,17)18/h1-2,7H,3-6H2. The third kappa shape index (κ3) is 1.99. The van der Waals surface area contributed by atoms with E-state index in [9.17, 15) is 13.2 Å². The summed E-state index contributed by atoms with van der Waals surface area (Å²) in [5, 5.41) is 0.455. The Balaban J connectivity index is 2.25. The molecule has 0 unspecified atom stereocenters. The molecule has 3 rings (SSSR count). The number of hydrogen-bond donors (Lipinski definition) is 0. The lowest BCUT2D eigenvalue weighted by Crippen LogP contribution is -2.36. The number of benzene rings is 1. The summed E-state index contributed by atoms with van der Waals surface area (Å²) in [6.07, 6.45) is -3.83. The van der Waals surface area contributed by atoms with E-state index in [2.05, 4.69) is 4.98 Å². The lowest BCUT2D eigenvalue weighted by Gasteiger charge is -2.23. The van der Waals surface area contributed by atoms with Crippen molar-refractivity contribution >= 4 is 34.2 Å². The lowest BCUT2D eigenvalue weighted by molar-refractivity contribution is -0.179. The molecular weight excluding hydrogens is 312 g/mol. The van der Waals surface area contributed by atoms with E-state index in [-0.39, 0.29) is 18.7 Å². The molecule has 1 aliphatic rings. The molecule has 2 nitrogen and oxygen atoms in total. The van der Waals surface area contributed by atoms with Crippen LogP contribution in [0.25, 0.3) is 11.0 Å². The molecule has 1 fully saturated rings. The van der Waals surface area contributed by atoms with Gasteiger partial charge in [0.05, 0.1) is 11.0 Å². The molecule has 2 aromatic rings. The summed E-state index contributed by atoms with van der Waals surface area (Å²) in [6.45, 7) is 0. The van der Waals surface area contributed by atoms with Crippen LogP contribution in [0.2, 0.25) is 5.02 Å². The van der Waals surface area contributed by atoms with Gasteiger partial charge >= 0.3 is 6.18 Å². The molecule has 1 aromatic heterocycles. The maximum atomic E-state index is 13.4. The lowest BCUT2D eigenvalue weighted by atomic mass is 10.2. The molecule has 1 aliphatic carbocycles. The highest BCUT2D eigenvalue weighted by molar-refractivity contribution is 6.31. The second-order valence-electron chi connectivity index (χ2n) is 4.96. The Hall–Kier alpha value is -0.940. The minimum atomic E-state index is -4.29. The van der Waals surface area contributed by atoms with Crippen molar-refractivity contribution in [2.75, 3.05) is 5.88 Å². The number of aromatic nitrogens is 2. The van der Waals surface area contributed by atoms with Crippen LogP contribution in [0.3, 0.4) is 0 Å². The molecule has 0 bridgehead atoms. The van der Waals surface area contributed by atoms with Crippen LogP contribution in [0.1, 0.15) is 18.7 Å². The fourth-order valence-corrected chi connectivity index (χ4v) is 2.92. The van der Waals surface area contributed by atoms with E-state index in [1.807, 2.05) is 0 Å². The van der Waals surface area contributed by atoms with Crippen molar-refractivity contribution in [2.24, 2.45) is 0 Å². The Morgan fingerprint density at radius 2 is 2.00 bits per heavy atom. The molecule has 20 heavy (non-hydrogen) atoms. The van der Waals surface area contributed by atoms with Gasteiger partial charge < -0.3 is 4.57 Å². The molecule has 7 heteroatoms. The van der Waals surface area contributed by atoms with Crippen molar-refractivity contribution < 1.29 is 13.2 Å². The van der Waals surface area contributed by atoms with Crippen LogP contribution < -0.4 is 0 Å². The number of rotatable bonds is 3. The molecular formula is C13H11Cl2F3N2. The monoisotopic (exact) mass is 322 g/mol. The van der Waals surface area contributed by atoms with Crippen molar-refractivity contribution in [1.82, 2.24) is 9.55 Å². The Labute approximate surface area is 123 Å². The molecule has 1 aromatic carbocycles. The van der Waals surface area contributed by atoms with Gasteiger partial charge in [0.15, 0.2) is 0 Å². The first-order valence-corrected chi connectivity index (χ1v) is 7.10. The molecule has 1 heterocycles. The van der Waals surface area contributed by atoms with Gasteiger partial charge in [-0.3, -0.25) is 0 Å². The summed E-state index contributed by atoms with van der Waals surface area (Å²) in [4.78, 5) is 4.28. The van der Waals surface area contributed by atoms with Crippen LogP contribution in [-0.2, 0) is 12.0 Å². The van der Waals surface area contributed by atoms with Crippen LogP contribution in [-0.4, -0.2) is 21.6 Å². The van der Waals surface area contributed by atoms with Gasteiger partial charge in [0.2, 0.25) is 0 Å². The van der Waals surface area contributed by atoms with E-state index < -0.39 is 11.7 Å². The molecule has 1 saturated carbocycles. The van der Waals surface area contributed by atoms with Gasteiger partial charge in [0.1, 0.15) is 11.4 Å². The minimum absolute atomic E-state index is 0.0832. The molecule has 0 atom stereocenters. The average molecular weight is 323 g/mol. The van der Waals surface area contributed by atoms with Gasteiger partial charge in [0, 0.05) is 17.3 Å². The number of halogens is 5. The van der Waals surface area contributed by atoms with E-state index in [0.717, 1.165) is 0 Å². The maximum absolute atomic E-state index is 13.4. The van der Waals surface area contributed by atoms with Crippen molar-refractivity contribution in [1.29, 1.82) is 0 Å². The average Bonchev–Trinajstić information content (AvgIpc) is 3.07. The predicted molar refractivity (Wildman–Crippen MR) is 72.4 cm³/mol. The summed E-state index contributed by atoms with van der Waals surface area (Å²) in [5.74, 6) is 0.595. The fraction of sp³-hybridized carbons (Fsp3) is 0.462. The highest BCUT2D eigenvalue weighted by Crippen LogP contribution is 2.57. The smallest absolute Gasteiger partial charge is 0.312 e. The molecule has 0 radical (unpaired) electrons.